The minimum absolute atomic E-state index is 0.0441. The Morgan fingerprint density at radius 2 is 1.85 bits per heavy atom. The summed E-state index contributed by atoms with van der Waals surface area (Å²) in [5.74, 6) is 0.533. The van der Waals surface area contributed by atoms with Gasteiger partial charge in [0.25, 0.3) is 0 Å². The van der Waals surface area contributed by atoms with Crippen LogP contribution in [0.2, 0.25) is 0 Å². The van der Waals surface area contributed by atoms with Gasteiger partial charge in [-0.05, 0) is 44.2 Å². The Hall–Kier alpha value is -0.860. The molecule has 1 aromatic carbocycles. The van der Waals surface area contributed by atoms with Crippen molar-refractivity contribution in [1.29, 1.82) is 0 Å². The van der Waals surface area contributed by atoms with Gasteiger partial charge in [0.05, 0.1) is 6.10 Å². The number of hydrogen-bond acceptors (Lipinski definition) is 2. The van der Waals surface area contributed by atoms with Gasteiger partial charge in [-0.3, -0.25) is 4.90 Å². The Morgan fingerprint density at radius 1 is 1.00 bits per heavy atom. The second kappa shape index (κ2) is 6.73. The minimum atomic E-state index is -0.0441. The molecular formula is C18H27NO. The zero-order chi connectivity index (χ0) is 13.8. The third-order valence-electron chi connectivity index (χ3n) is 5.22. The molecule has 3 atom stereocenters. The molecule has 1 aliphatic heterocycles. The van der Waals surface area contributed by atoms with Crippen LogP contribution in [-0.2, 0) is 6.42 Å². The highest BCUT2D eigenvalue weighted by Crippen LogP contribution is 2.35. The molecule has 2 fully saturated rings. The summed E-state index contributed by atoms with van der Waals surface area (Å²) in [5.41, 5.74) is 1.43. The normalized spacial score (nSPS) is 31.6. The van der Waals surface area contributed by atoms with E-state index >= 15 is 0 Å². The van der Waals surface area contributed by atoms with Gasteiger partial charge in [0, 0.05) is 18.5 Å². The lowest BCUT2D eigenvalue weighted by Gasteiger charge is -2.40. The van der Waals surface area contributed by atoms with E-state index in [9.17, 15) is 5.11 Å². The van der Waals surface area contributed by atoms with E-state index in [0.29, 0.717) is 12.0 Å². The van der Waals surface area contributed by atoms with Crippen molar-refractivity contribution < 1.29 is 5.11 Å². The molecule has 1 N–H and O–H groups in total. The number of nitrogens with zero attached hydrogens (tertiary/aromatic N) is 1. The van der Waals surface area contributed by atoms with Crippen molar-refractivity contribution in [2.75, 3.05) is 13.1 Å². The molecule has 20 heavy (non-hydrogen) atoms. The molecule has 3 unspecified atom stereocenters. The van der Waals surface area contributed by atoms with Crippen molar-refractivity contribution in [3.63, 3.8) is 0 Å². The first kappa shape index (κ1) is 14.1. The number of aliphatic hydroxyl groups excluding tert-OH is 1. The van der Waals surface area contributed by atoms with Crippen LogP contribution in [0.3, 0.4) is 0 Å². The van der Waals surface area contributed by atoms with E-state index in [-0.39, 0.29) is 6.10 Å². The Morgan fingerprint density at radius 3 is 2.60 bits per heavy atom. The van der Waals surface area contributed by atoms with Crippen LogP contribution >= 0.6 is 0 Å². The number of likely N-dealkylation sites (tertiary alicyclic amines) is 1. The molecule has 0 spiro atoms. The summed E-state index contributed by atoms with van der Waals surface area (Å²) in [4.78, 5) is 2.66. The van der Waals surface area contributed by atoms with E-state index in [2.05, 4.69) is 35.2 Å². The van der Waals surface area contributed by atoms with E-state index in [0.717, 1.165) is 19.4 Å². The van der Waals surface area contributed by atoms with Crippen LogP contribution in [0.25, 0.3) is 0 Å². The predicted molar refractivity (Wildman–Crippen MR) is 82.7 cm³/mol. The largest absolute Gasteiger partial charge is 0.393 e. The van der Waals surface area contributed by atoms with E-state index in [4.69, 9.17) is 0 Å². The number of piperidine rings is 1. The number of aliphatic hydroxyl groups is 1. The lowest BCUT2D eigenvalue weighted by atomic mass is 9.87. The van der Waals surface area contributed by atoms with Crippen molar-refractivity contribution in [2.45, 2.75) is 57.1 Å². The lowest BCUT2D eigenvalue weighted by Crippen LogP contribution is -2.47. The minimum Gasteiger partial charge on any atom is -0.393 e. The maximum absolute atomic E-state index is 10.2. The third-order valence-corrected chi connectivity index (χ3v) is 5.22. The van der Waals surface area contributed by atoms with Crippen molar-refractivity contribution in [3.05, 3.63) is 35.9 Å². The first-order valence-electron chi connectivity index (χ1n) is 8.30. The van der Waals surface area contributed by atoms with E-state index in [1.165, 1.54) is 44.2 Å². The van der Waals surface area contributed by atoms with Gasteiger partial charge in [-0.15, -0.1) is 0 Å². The average Bonchev–Trinajstić information content (AvgIpc) is 2.92. The summed E-state index contributed by atoms with van der Waals surface area (Å²) in [5, 5.41) is 10.2. The SMILES string of the molecule is OC1CCCC1C1CCCCN1CCc1ccccc1. The topological polar surface area (TPSA) is 23.5 Å². The van der Waals surface area contributed by atoms with Crippen LogP contribution in [0.5, 0.6) is 0 Å². The lowest BCUT2D eigenvalue weighted by molar-refractivity contribution is 0.0361. The van der Waals surface area contributed by atoms with Gasteiger partial charge in [-0.25, -0.2) is 0 Å². The molecule has 1 saturated heterocycles. The Balaban J connectivity index is 1.60. The van der Waals surface area contributed by atoms with Gasteiger partial charge in [0.2, 0.25) is 0 Å². The summed E-state index contributed by atoms with van der Waals surface area (Å²) < 4.78 is 0. The summed E-state index contributed by atoms with van der Waals surface area (Å²) in [6.45, 7) is 2.37. The molecule has 0 radical (unpaired) electrons. The zero-order valence-electron chi connectivity index (χ0n) is 12.4. The monoisotopic (exact) mass is 273 g/mol. The van der Waals surface area contributed by atoms with Crippen molar-refractivity contribution >= 4 is 0 Å². The fourth-order valence-electron chi connectivity index (χ4n) is 4.11. The van der Waals surface area contributed by atoms with Gasteiger partial charge < -0.3 is 5.11 Å². The highest BCUT2D eigenvalue weighted by atomic mass is 16.3. The first-order chi connectivity index (χ1) is 9.84. The molecule has 0 amide bonds. The van der Waals surface area contributed by atoms with Crippen LogP contribution in [-0.4, -0.2) is 35.2 Å². The molecular weight excluding hydrogens is 246 g/mol. The Kier molecular flexibility index (Phi) is 4.74. The molecule has 3 rings (SSSR count). The van der Waals surface area contributed by atoms with Gasteiger partial charge in [-0.1, -0.05) is 43.2 Å². The highest BCUT2D eigenvalue weighted by molar-refractivity contribution is 5.15. The second-order valence-electron chi connectivity index (χ2n) is 6.50. The fourth-order valence-corrected chi connectivity index (χ4v) is 4.11. The zero-order valence-corrected chi connectivity index (χ0v) is 12.4. The van der Waals surface area contributed by atoms with Crippen molar-refractivity contribution in [1.82, 2.24) is 4.90 Å². The summed E-state index contributed by atoms with van der Waals surface area (Å²) in [7, 11) is 0. The Labute approximate surface area is 122 Å². The summed E-state index contributed by atoms with van der Waals surface area (Å²) >= 11 is 0. The summed E-state index contributed by atoms with van der Waals surface area (Å²) in [6.07, 6.45) is 8.52. The molecule has 1 saturated carbocycles. The maximum Gasteiger partial charge on any atom is 0.0583 e. The molecule has 1 aromatic rings. The van der Waals surface area contributed by atoms with E-state index in [1.54, 1.807) is 0 Å². The second-order valence-corrected chi connectivity index (χ2v) is 6.50. The third kappa shape index (κ3) is 3.24. The number of hydrogen-bond donors (Lipinski definition) is 1. The molecule has 0 bridgehead atoms. The molecule has 0 aromatic heterocycles. The van der Waals surface area contributed by atoms with Crippen LogP contribution in [0.4, 0.5) is 0 Å². The Bertz CT molecular complexity index is 405. The van der Waals surface area contributed by atoms with Crippen molar-refractivity contribution in [3.8, 4) is 0 Å². The van der Waals surface area contributed by atoms with Gasteiger partial charge in [0.15, 0.2) is 0 Å². The van der Waals surface area contributed by atoms with Gasteiger partial charge >= 0.3 is 0 Å². The van der Waals surface area contributed by atoms with Gasteiger partial charge in [0.1, 0.15) is 0 Å². The van der Waals surface area contributed by atoms with Crippen LogP contribution in [0.1, 0.15) is 44.1 Å². The smallest absolute Gasteiger partial charge is 0.0583 e. The predicted octanol–water partition coefficient (Wildman–Crippen LogP) is 3.24. The molecule has 1 heterocycles. The molecule has 110 valence electrons. The van der Waals surface area contributed by atoms with Gasteiger partial charge in [-0.2, -0.15) is 0 Å². The maximum atomic E-state index is 10.2. The standard InChI is InChI=1S/C18H27NO/c20-18-11-6-9-16(18)17-10-4-5-13-19(17)14-12-15-7-2-1-3-8-15/h1-3,7-8,16-18,20H,4-6,9-14H2. The molecule has 2 heteroatoms. The van der Waals surface area contributed by atoms with E-state index < -0.39 is 0 Å². The van der Waals surface area contributed by atoms with E-state index in [1.807, 2.05) is 0 Å². The number of benzene rings is 1. The average molecular weight is 273 g/mol. The van der Waals surface area contributed by atoms with Crippen LogP contribution < -0.4 is 0 Å². The van der Waals surface area contributed by atoms with Crippen LogP contribution in [0, 0.1) is 5.92 Å². The first-order valence-corrected chi connectivity index (χ1v) is 8.30. The molecule has 1 aliphatic carbocycles. The van der Waals surface area contributed by atoms with Crippen molar-refractivity contribution in [2.24, 2.45) is 5.92 Å². The van der Waals surface area contributed by atoms with Crippen LogP contribution in [0.15, 0.2) is 30.3 Å². The highest BCUT2D eigenvalue weighted by Gasteiger charge is 2.36. The summed E-state index contributed by atoms with van der Waals surface area (Å²) in [6, 6.07) is 11.4. The fraction of sp³-hybridized carbons (Fsp3) is 0.667. The molecule has 2 nitrogen and oxygen atoms in total. The molecule has 2 aliphatic rings. The number of rotatable bonds is 4. The quantitative estimate of drug-likeness (QED) is 0.910.